The summed E-state index contributed by atoms with van der Waals surface area (Å²) in [5.41, 5.74) is -2.74. The first-order valence-corrected chi connectivity index (χ1v) is 3.17. The molecular weight excluding hydrogens is 252 g/mol. The molecule has 0 aromatic carbocycles. The van der Waals surface area contributed by atoms with Crippen molar-refractivity contribution in [1.29, 1.82) is 0 Å². The SMILES string of the molecule is O=C(O)CC(O)(CC(=O)O)C(=O)O.[68Ga+3]. The Labute approximate surface area is 91.4 Å². The molecule has 74 valence electrons. The Hall–Kier alpha value is -0.994. The predicted molar refractivity (Wildman–Crippen MR) is 42.8 cm³/mol. The van der Waals surface area contributed by atoms with Crippen molar-refractivity contribution < 1.29 is 34.8 Å². The molecule has 0 atom stereocenters. The zero-order chi connectivity index (χ0) is 10.6. The van der Waals surface area contributed by atoms with E-state index < -0.39 is 36.4 Å². The van der Waals surface area contributed by atoms with Crippen LogP contribution in [0.2, 0.25) is 0 Å². The number of carboxylic acid groups (broad SMARTS) is 3. The fourth-order valence-corrected chi connectivity index (χ4v) is 0.714. The Morgan fingerprint density at radius 1 is 0.929 bits per heavy atom. The van der Waals surface area contributed by atoms with Gasteiger partial charge < -0.3 is 20.4 Å². The molecule has 0 spiro atoms. The van der Waals surface area contributed by atoms with E-state index in [0.717, 1.165) is 0 Å². The summed E-state index contributed by atoms with van der Waals surface area (Å²) in [6.07, 6.45) is -2.29. The van der Waals surface area contributed by atoms with E-state index in [1.54, 1.807) is 0 Å². The first-order chi connectivity index (χ1) is 5.78. The van der Waals surface area contributed by atoms with Crippen LogP contribution in [0, 0.1) is 0 Å². The van der Waals surface area contributed by atoms with Gasteiger partial charge in [0, 0.05) is 0 Å². The summed E-state index contributed by atoms with van der Waals surface area (Å²) >= 11 is 0. The minimum absolute atomic E-state index is 0. The second-order valence-corrected chi connectivity index (χ2v) is 2.48. The summed E-state index contributed by atoms with van der Waals surface area (Å²) < 4.78 is 0. The maximum atomic E-state index is 10.3. The number of hydrogen-bond acceptors (Lipinski definition) is 4. The number of rotatable bonds is 5. The summed E-state index contributed by atoms with van der Waals surface area (Å²) in [6, 6.07) is 0. The summed E-state index contributed by atoms with van der Waals surface area (Å²) in [4.78, 5) is 30.5. The number of aliphatic carboxylic acids is 3. The van der Waals surface area contributed by atoms with E-state index in [9.17, 15) is 14.4 Å². The Balaban J connectivity index is 0. The summed E-state index contributed by atoms with van der Waals surface area (Å²) in [5.74, 6) is -5.02. The van der Waals surface area contributed by atoms with Crippen molar-refractivity contribution in [2.45, 2.75) is 18.4 Å². The van der Waals surface area contributed by atoms with Gasteiger partial charge in [-0.15, -0.1) is 0 Å². The van der Waals surface area contributed by atoms with Crippen LogP contribution in [0.25, 0.3) is 0 Å². The van der Waals surface area contributed by atoms with Gasteiger partial charge in [0.25, 0.3) is 0 Å². The summed E-state index contributed by atoms with van der Waals surface area (Å²) in [6.45, 7) is 0. The van der Waals surface area contributed by atoms with Gasteiger partial charge >= 0.3 is 37.7 Å². The van der Waals surface area contributed by atoms with Crippen molar-refractivity contribution in [3.8, 4) is 0 Å². The average Bonchev–Trinajstić information content (AvgIpc) is 1.82. The molecular formula is C6H8GaO7+3. The van der Waals surface area contributed by atoms with E-state index in [2.05, 4.69) is 0 Å². The minimum atomic E-state index is -2.74. The second kappa shape index (κ2) is 5.68. The van der Waals surface area contributed by atoms with Crippen molar-refractivity contribution in [1.82, 2.24) is 0 Å². The van der Waals surface area contributed by atoms with Crippen LogP contribution in [0.15, 0.2) is 0 Å². The number of hydrogen-bond donors (Lipinski definition) is 4. The molecule has 0 saturated heterocycles. The van der Waals surface area contributed by atoms with Gasteiger partial charge in [0.1, 0.15) is 0 Å². The fourth-order valence-electron chi connectivity index (χ4n) is 0.714. The van der Waals surface area contributed by atoms with E-state index >= 15 is 0 Å². The molecule has 0 aliphatic rings. The molecule has 0 amide bonds. The maximum absolute atomic E-state index is 10.3. The molecule has 0 bridgehead atoms. The average molecular weight is 260 g/mol. The van der Waals surface area contributed by atoms with Crippen molar-refractivity contribution in [2.24, 2.45) is 0 Å². The minimum Gasteiger partial charge on any atom is -0.481 e. The largest absolute Gasteiger partial charge is 3.00 e. The molecule has 7 nitrogen and oxygen atoms in total. The smallest absolute Gasteiger partial charge is 0.481 e. The van der Waals surface area contributed by atoms with Gasteiger partial charge in [-0.3, -0.25) is 9.59 Å². The van der Waals surface area contributed by atoms with Gasteiger partial charge in [-0.2, -0.15) is 0 Å². The molecule has 0 aromatic heterocycles. The third-order valence-corrected chi connectivity index (χ3v) is 1.29. The molecule has 0 radical (unpaired) electrons. The molecule has 0 fully saturated rings. The van der Waals surface area contributed by atoms with Gasteiger partial charge in [-0.25, -0.2) is 4.79 Å². The van der Waals surface area contributed by atoms with Crippen molar-refractivity contribution in [3.05, 3.63) is 0 Å². The Morgan fingerprint density at radius 2 is 1.21 bits per heavy atom. The molecule has 0 rings (SSSR count). The molecule has 0 saturated carbocycles. The third kappa shape index (κ3) is 4.89. The molecule has 0 aliphatic heterocycles. The summed E-state index contributed by atoms with van der Waals surface area (Å²) in [5, 5.41) is 33.8. The first kappa shape index (κ1) is 15.5. The fraction of sp³-hybridized carbons (Fsp3) is 0.500. The van der Waals surface area contributed by atoms with Crippen LogP contribution in [0.5, 0.6) is 0 Å². The van der Waals surface area contributed by atoms with E-state index in [0.29, 0.717) is 0 Å². The zero-order valence-electron chi connectivity index (χ0n) is 7.01. The molecule has 0 aliphatic carbocycles. The first-order valence-electron chi connectivity index (χ1n) is 3.17. The van der Waals surface area contributed by atoms with Gasteiger partial charge in [0.2, 0.25) is 0 Å². The standard InChI is InChI=1S/C6H8O7.Ga/c7-3(8)1-6(13,5(11)12)2-4(9)10;/h13H,1-2H2,(H,7,8)(H,9,10)(H,11,12);/q;+3/i;1-2. The topological polar surface area (TPSA) is 132 Å². The van der Waals surface area contributed by atoms with Crippen LogP contribution in [0.3, 0.4) is 0 Å². The van der Waals surface area contributed by atoms with Crippen LogP contribution >= 0.6 is 0 Å². The van der Waals surface area contributed by atoms with E-state index in [-0.39, 0.29) is 19.8 Å². The second-order valence-electron chi connectivity index (χ2n) is 2.48. The van der Waals surface area contributed by atoms with E-state index in [4.69, 9.17) is 20.4 Å². The van der Waals surface area contributed by atoms with Crippen molar-refractivity contribution in [3.63, 3.8) is 0 Å². The van der Waals surface area contributed by atoms with Gasteiger partial charge in [-0.1, -0.05) is 0 Å². The molecule has 0 aromatic rings. The van der Waals surface area contributed by atoms with Crippen LogP contribution in [0.4, 0.5) is 0 Å². The Morgan fingerprint density at radius 3 is 1.36 bits per heavy atom. The van der Waals surface area contributed by atoms with Crippen LogP contribution in [-0.2, 0) is 14.4 Å². The molecule has 4 N–H and O–H groups in total. The maximum Gasteiger partial charge on any atom is 3.00 e. The molecule has 14 heavy (non-hydrogen) atoms. The van der Waals surface area contributed by atoms with Crippen molar-refractivity contribution in [2.75, 3.05) is 0 Å². The predicted octanol–water partition coefficient (Wildman–Crippen LogP) is -1.63. The number of aliphatic hydroxyl groups is 1. The normalized spacial score (nSPS) is 10.1. The third-order valence-electron chi connectivity index (χ3n) is 1.29. The van der Waals surface area contributed by atoms with Gasteiger partial charge in [0.15, 0.2) is 5.60 Å². The Kier molecular flexibility index (Phi) is 6.28. The molecule has 8 heteroatoms. The Bertz CT molecular complexity index is 233. The van der Waals surface area contributed by atoms with E-state index in [1.807, 2.05) is 0 Å². The quantitative estimate of drug-likeness (QED) is 0.436. The molecule has 0 heterocycles. The van der Waals surface area contributed by atoms with Gasteiger partial charge in [0.05, 0.1) is 12.8 Å². The number of carbonyl (C=O) groups is 3. The number of carboxylic acids is 3. The van der Waals surface area contributed by atoms with Crippen LogP contribution in [0.1, 0.15) is 12.8 Å². The van der Waals surface area contributed by atoms with E-state index in [1.165, 1.54) is 0 Å². The molecule has 0 unspecified atom stereocenters. The van der Waals surface area contributed by atoms with Crippen LogP contribution in [-0.4, -0.2) is 63.7 Å². The van der Waals surface area contributed by atoms with Crippen LogP contribution < -0.4 is 0 Å². The van der Waals surface area contributed by atoms with Gasteiger partial charge in [-0.05, 0) is 0 Å². The zero-order valence-corrected chi connectivity index (χ0v) is 9.43. The van der Waals surface area contributed by atoms with Crippen molar-refractivity contribution >= 4 is 37.7 Å². The summed E-state index contributed by atoms with van der Waals surface area (Å²) in [7, 11) is 0. The monoisotopic (exact) mass is 260 g/mol.